The van der Waals surface area contributed by atoms with Crippen molar-refractivity contribution in [3.8, 4) is 0 Å². The Bertz CT molecular complexity index is 467. The Morgan fingerprint density at radius 2 is 1.76 bits per heavy atom. The van der Waals surface area contributed by atoms with Crippen molar-refractivity contribution in [2.75, 3.05) is 41.7 Å². The van der Waals surface area contributed by atoms with E-state index in [9.17, 15) is 0 Å². The summed E-state index contributed by atoms with van der Waals surface area (Å²) in [4.78, 5) is 17.6. The van der Waals surface area contributed by atoms with Crippen molar-refractivity contribution in [1.29, 1.82) is 0 Å². The number of nitrogens with zero attached hydrogens (tertiary/aromatic N) is 5. The van der Waals surface area contributed by atoms with Crippen LogP contribution in [0.15, 0.2) is 0 Å². The molecule has 1 aliphatic rings. The van der Waals surface area contributed by atoms with E-state index in [2.05, 4.69) is 52.4 Å². The molecule has 1 fully saturated rings. The van der Waals surface area contributed by atoms with Crippen molar-refractivity contribution >= 4 is 17.8 Å². The second-order valence-electron chi connectivity index (χ2n) is 5.84. The summed E-state index contributed by atoms with van der Waals surface area (Å²) in [6, 6.07) is 0. The van der Waals surface area contributed by atoms with Crippen LogP contribution in [0, 0.1) is 5.41 Å². The average molecular weight is 292 g/mol. The molecule has 0 unspecified atom stereocenters. The quantitative estimate of drug-likeness (QED) is 0.867. The van der Waals surface area contributed by atoms with E-state index >= 15 is 0 Å². The lowest BCUT2D eigenvalue weighted by Gasteiger charge is -2.27. The highest BCUT2D eigenvalue weighted by Crippen LogP contribution is 2.38. The lowest BCUT2D eigenvalue weighted by molar-refractivity contribution is 0.301. The second-order valence-corrected chi connectivity index (χ2v) is 5.84. The first-order chi connectivity index (χ1) is 10.1. The predicted octanol–water partition coefficient (Wildman–Crippen LogP) is 2.32. The number of hydrogen-bond donors (Lipinski definition) is 1. The molecule has 0 aliphatic carbocycles. The molecule has 1 aliphatic heterocycles. The Kier molecular flexibility index (Phi) is 4.85. The molecular weight excluding hydrogens is 264 g/mol. The second kappa shape index (κ2) is 6.45. The van der Waals surface area contributed by atoms with Gasteiger partial charge in [-0.1, -0.05) is 13.8 Å². The number of aromatic nitrogens is 3. The van der Waals surface area contributed by atoms with E-state index in [1.165, 1.54) is 19.3 Å². The van der Waals surface area contributed by atoms with Gasteiger partial charge in [-0.25, -0.2) is 0 Å². The fourth-order valence-electron chi connectivity index (χ4n) is 3.09. The lowest BCUT2D eigenvalue weighted by Crippen LogP contribution is -2.30. The normalized spacial score (nSPS) is 17.2. The molecule has 1 aromatic rings. The summed E-state index contributed by atoms with van der Waals surface area (Å²) in [6.07, 6.45) is 3.60. The Hall–Kier alpha value is -1.59. The molecule has 0 spiro atoms. The minimum absolute atomic E-state index is 0.312. The van der Waals surface area contributed by atoms with Crippen molar-refractivity contribution in [2.24, 2.45) is 5.41 Å². The molecule has 0 aromatic carbocycles. The summed E-state index contributed by atoms with van der Waals surface area (Å²) in [6.45, 7) is 12.5. The van der Waals surface area contributed by atoms with Crippen molar-refractivity contribution in [2.45, 2.75) is 47.0 Å². The molecule has 0 amide bonds. The smallest absolute Gasteiger partial charge is 0.231 e. The van der Waals surface area contributed by atoms with Crippen LogP contribution in [0.3, 0.4) is 0 Å². The molecule has 2 N–H and O–H groups in total. The molecule has 2 heterocycles. The zero-order valence-electron chi connectivity index (χ0n) is 13.8. The van der Waals surface area contributed by atoms with Gasteiger partial charge in [-0.3, -0.25) is 0 Å². The van der Waals surface area contributed by atoms with Gasteiger partial charge in [-0.2, -0.15) is 15.0 Å². The Balaban J connectivity index is 2.25. The number of rotatable bonds is 6. The fourth-order valence-corrected chi connectivity index (χ4v) is 3.09. The molecule has 0 radical (unpaired) electrons. The topological polar surface area (TPSA) is 71.2 Å². The summed E-state index contributed by atoms with van der Waals surface area (Å²) < 4.78 is 0. The van der Waals surface area contributed by atoms with E-state index in [1.807, 2.05) is 0 Å². The molecule has 6 nitrogen and oxygen atoms in total. The number of nitrogens with two attached hydrogens (primary N) is 1. The zero-order valence-corrected chi connectivity index (χ0v) is 13.8. The fraction of sp³-hybridized carbons (Fsp3) is 0.800. The molecule has 6 heteroatoms. The molecule has 2 rings (SSSR count). The minimum atomic E-state index is 0.312. The summed E-state index contributed by atoms with van der Waals surface area (Å²) in [5.41, 5.74) is 6.29. The van der Waals surface area contributed by atoms with Crippen molar-refractivity contribution in [3.05, 3.63) is 0 Å². The van der Waals surface area contributed by atoms with Gasteiger partial charge < -0.3 is 15.5 Å². The van der Waals surface area contributed by atoms with Crippen LogP contribution in [0.25, 0.3) is 0 Å². The van der Waals surface area contributed by atoms with Crippen molar-refractivity contribution in [3.63, 3.8) is 0 Å². The Labute approximate surface area is 127 Å². The maximum absolute atomic E-state index is 5.89. The number of hydrogen-bond acceptors (Lipinski definition) is 6. The van der Waals surface area contributed by atoms with E-state index in [4.69, 9.17) is 5.73 Å². The highest BCUT2D eigenvalue weighted by molar-refractivity contribution is 5.44. The predicted molar refractivity (Wildman–Crippen MR) is 87.6 cm³/mol. The first-order valence-corrected chi connectivity index (χ1v) is 8.09. The first-order valence-electron chi connectivity index (χ1n) is 8.09. The van der Waals surface area contributed by atoms with Crippen LogP contribution in [0.2, 0.25) is 0 Å². The molecule has 0 atom stereocenters. The van der Waals surface area contributed by atoms with Gasteiger partial charge in [0.25, 0.3) is 0 Å². The maximum Gasteiger partial charge on any atom is 0.231 e. The third-order valence-electron chi connectivity index (χ3n) is 4.90. The van der Waals surface area contributed by atoms with Gasteiger partial charge in [0.1, 0.15) is 0 Å². The third kappa shape index (κ3) is 3.19. The van der Waals surface area contributed by atoms with Gasteiger partial charge in [0, 0.05) is 26.2 Å². The van der Waals surface area contributed by atoms with Crippen molar-refractivity contribution in [1.82, 2.24) is 15.0 Å². The van der Waals surface area contributed by atoms with Crippen molar-refractivity contribution < 1.29 is 0 Å². The summed E-state index contributed by atoms with van der Waals surface area (Å²) >= 11 is 0. The summed E-state index contributed by atoms with van der Waals surface area (Å²) in [5.74, 6) is 1.73. The average Bonchev–Trinajstić information content (AvgIpc) is 2.93. The zero-order chi connectivity index (χ0) is 15.5. The van der Waals surface area contributed by atoms with Crippen LogP contribution < -0.4 is 15.5 Å². The lowest BCUT2D eigenvalue weighted by atomic mass is 9.82. The van der Waals surface area contributed by atoms with Gasteiger partial charge in [0.05, 0.1) is 0 Å². The van der Waals surface area contributed by atoms with Crippen LogP contribution in [0.4, 0.5) is 17.8 Å². The van der Waals surface area contributed by atoms with Gasteiger partial charge in [0.15, 0.2) is 0 Å². The van der Waals surface area contributed by atoms with Gasteiger partial charge in [0.2, 0.25) is 17.8 Å². The van der Waals surface area contributed by atoms with Gasteiger partial charge >= 0.3 is 0 Å². The molecule has 1 aromatic heterocycles. The van der Waals surface area contributed by atoms with Crippen LogP contribution in [-0.2, 0) is 0 Å². The summed E-state index contributed by atoms with van der Waals surface area (Å²) in [5, 5.41) is 0. The van der Waals surface area contributed by atoms with E-state index in [1.54, 1.807) is 0 Å². The molecule has 0 bridgehead atoms. The van der Waals surface area contributed by atoms with Crippen LogP contribution >= 0.6 is 0 Å². The number of nitrogen functional groups attached to an aromatic ring is 1. The summed E-state index contributed by atoms with van der Waals surface area (Å²) in [7, 11) is 0. The minimum Gasteiger partial charge on any atom is -0.368 e. The first kappa shape index (κ1) is 15.8. The van der Waals surface area contributed by atoms with Gasteiger partial charge in [-0.05, 0) is 38.5 Å². The van der Waals surface area contributed by atoms with E-state index in [-0.39, 0.29) is 0 Å². The van der Waals surface area contributed by atoms with E-state index in [0.29, 0.717) is 17.3 Å². The van der Waals surface area contributed by atoms with Crippen LogP contribution in [0.1, 0.15) is 47.0 Å². The molecule has 118 valence electrons. The molecular formula is C15H28N6. The largest absolute Gasteiger partial charge is 0.368 e. The molecule has 0 saturated carbocycles. The third-order valence-corrected chi connectivity index (χ3v) is 4.90. The monoisotopic (exact) mass is 292 g/mol. The Morgan fingerprint density at radius 3 is 2.29 bits per heavy atom. The molecule has 1 saturated heterocycles. The van der Waals surface area contributed by atoms with Gasteiger partial charge in [-0.15, -0.1) is 0 Å². The molecule has 21 heavy (non-hydrogen) atoms. The van der Waals surface area contributed by atoms with Crippen LogP contribution in [0.5, 0.6) is 0 Å². The highest BCUT2D eigenvalue weighted by atomic mass is 15.4. The van der Waals surface area contributed by atoms with Crippen LogP contribution in [-0.4, -0.2) is 41.1 Å². The highest BCUT2D eigenvalue weighted by Gasteiger charge is 2.36. The number of anilines is 3. The van der Waals surface area contributed by atoms with E-state index < -0.39 is 0 Å². The standard InChI is InChI=1S/C15H28N6/c1-5-15(6-2)9-10-21(11-15)14-18-12(16)17-13(19-14)20(7-3)8-4/h5-11H2,1-4H3,(H2,16,17,18,19). The van der Waals surface area contributed by atoms with E-state index in [0.717, 1.165) is 32.1 Å². The Morgan fingerprint density at radius 1 is 1.10 bits per heavy atom. The maximum atomic E-state index is 5.89. The SMILES string of the molecule is CCN(CC)c1nc(N)nc(N2CCC(CC)(CC)C2)n1.